The molecular weight excluding hydrogens is 260 g/mol. The van der Waals surface area contributed by atoms with Crippen LogP contribution in [0.3, 0.4) is 0 Å². The molecule has 0 bridgehead atoms. The maximum Gasteiger partial charge on any atom is 0.227 e. The zero-order valence-electron chi connectivity index (χ0n) is 12.9. The van der Waals surface area contributed by atoms with Crippen LogP contribution in [0, 0.1) is 12.8 Å². The van der Waals surface area contributed by atoms with Crippen molar-refractivity contribution in [2.75, 3.05) is 6.54 Å². The van der Waals surface area contributed by atoms with Crippen LogP contribution >= 0.6 is 0 Å². The molecule has 1 heterocycles. The van der Waals surface area contributed by atoms with Gasteiger partial charge in [0.25, 0.3) is 0 Å². The van der Waals surface area contributed by atoms with Crippen LogP contribution in [-0.2, 0) is 4.79 Å². The molecule has 114 valence electrons. The lowest BCUT2D eigenvalue weighted by atomic mass is 9.84. The van der Waals surface area contributed by atoms with Gasteiger partial charge in [-0.25, -0.2) is 0 Å². The summed E-state index contributed by atoms with van der Waals surface area (Å²) in [5.41, 5.74) is 8.81. The summed E-state index contributed by atoms with van der Waals surface area (Å²) in [6.07, 6.45) is 6.47. The highest BCUT2D eigenvalue weighted by molar-refractivity contribution is 5.80. The van der Waals surface area contributed by atoms with Crippen molar-refractivity contribution in [2.24, 2.45) is 11.7 Å². The first-order valence-corrected chi connectivity index (χ1v) is 8.30. The van der Waals surface area contributed by atoms with Gasteiger partial charge in [-0.1, -0.05) is 37.1 Å². The van der Waals surface area contributed by atoms with Crippen molar-refractivity contribution >= 4 is 5.91 Å². The molecule has 21 heavy (non-hydrogen) atoms. The fourth-order valence-electron chi connectivity index (χ4n) is 3.99. The Labute approximate surface area is 127 Å². The molecular formula is C18H26N2O. The number of likely N-dealkylation sites (tertiary alicyclic amines) is 1. The number of hydrogen-bond acceptors (Lipinski definition) is 2. The third kappa shape index (κ3) is 2.84. The lowest BCUT2D eigenvalue weighted by Gasteiger charge is -2.34. The number of nitrogens with zero attached hydrogens (tertiary/aromatic N) is 1. The molecule has 2 fully saturated rings. The minimum atomic E-state index is 0.0448. The standard InChI is InChI=1S/C18H26N2O/c1-13-7-2-3-8-14(13)17-11-6-12-20(17)18(21)15-9-4-5-10-16(15)19/h2-3,7-8,15-17H,4-6,9-12,19H2,1H3. The lowest BCUT2D eigenvalue weighted by Crippen LogP contribution is -2.45. The molecule has 3 heteroatoms. The van der Waals surface area contributed by atoms with Crippen LogP contribution < -0.4 is 5.73 Å². The second-order valence-electron chi connectivity index (χ2n) is 6.60. The Bertz CT molecular complexity index is 514. The molecule has 3 nitrogen and oxygen atoms in total. The molecule has 0 aromatic heterocycles. The van der Waals surface area contributed by atoms with Crippen LogP contribution in [0.5, 0.6) is 0 Å². The molecule has 0 spiro atoms. The van der Waals surface area contributed by atoms with Crippen LogP contribution in [0.2, 0.25) is 0 Å². The van der Waals surface area contributed by atoms with E-state index >= 15 is 0 Å². The van der Waals surface area contributed by atoms with Gasteiger partial charge in [0.15, 0.2) is 0 Å². The number of carbonyl (C=O) groups excluding carboxylic acids is 1. The van der Waals surface area contributed by atoms with Gasteiger partial charge < -0.3 is 10.6 Å². The first kappa shape index (κ1) is 14.6. The van der Waals surface area contributed by atoms with Crippen molar-refractivity contribution in [3.63, 3.8) is 0 Å². The fraction of sp³-hybridized carbons (Fsp3) is 0.611. The number of hydrogen-bond donors (Lipinski definition) is 1. The topological polar surface area (TPSA) is 46.3 Å². The number of rotatable bonds is 2. The maximum atomic E-state index is 13.0. The van der Waals surface area contributed by atoms with E-state index in [0.717, 1.165) is 38.6 Å². The van der Waals surface area contributed by atoms with Crippen LogP contribution in [0.1, 0.15) is 55.7 Å². The van der Waals surface area contributed by atoms with Gasteiger partial charge in [0.1, 0.15) is 0 Å². The highest BCUT2D eigenvalue weighted by Crippen LogP contribution is 2.36. The Morgan fingerprint density at radius 2 is 1.90 bits per heavy atom. The summed E-state index contributed by atoms with van der Waals surface area (Å²) in [7, 11) is 0. The molecule has 2 N–H and O–H groups in total. The second kappa shape index (κ2) is 6.18. The minimum absolute atomic E-state index is 0.0448. The van der Waals surface area contributed by atoms with Gasteiger partial charge >= 0.3 is 0 Å². The van der Waals surface area contributed by atoms with Crippen LogP contribution in [0.4, 0.5) is 0 Å². The second-order valence-corrected chi connectivity index (χ2v) is 6.60. The molecule has 1 aliphatic heterocycles. The Morgan fingerprint density at radius 1 is 1.14 bits per heavy atom. The molecule has 1 aliphatic carbocycles. The summed E-state index contributed by atoms with van der Waals surface area (Å²) in [5, 5.41) is 0. The van der Waals surface area contributed by atoms with E-state index < -0.39 is 0 Å². The van der Waals surface area contributed by atoms with Gasteiger partial charge in [0.2, 0.25) is 5.91 Å². The van der Waals surface area contributed by atoms with E-state index in [-0.39, 0.29) is 18.0 Å². The average molecular weight is 286 g/mol. The third-order valence-corrected chi connectivity index (χ3v) is 5.22. The Morgan fingerprint density at radius 3 is 2.67 bits per heavy atom. The van der Waals surface area contributed by atoms with Crippen molar-refractivity contribution in [2.45, 2.75) is 57.5 Å². The van der Waals surface area contributed by atoms with Crippen LogP contribution in [0.25, 0.3) is 0 Å². The smallest absolute Gasteiger partial charge is 0.227 e. The molecule has 3 rings (SSSR count). The average Bonchev–Trinajstić information content (AvgIpc) is 2.97. The number of amides is 1. The Kier molecular flexibility index (Phi) is 4.29. The maximum absolute atomic E-state index is 13.0. The van der Waals surface area contributed by atoms with Crippen molar-refractivity contribution in [1.82, 2.24) is 4.90 Å². The molecule has 2 aliphatic rings. The fourth-order valence-corrected chi connectivity index (χ4v) is 3.99. The zero-order valence-corrected chi connectivity index (χ0v) is 12.9. The number of nitrogens with two attached hydrogens (primary N) is 1. The molecule has 1 saturated heterocycles. The van der Waals surface area contributed by atoms with E-state index in [1.54, 1.807) is 0 Å². The molecule has 0 radical (unpaired) electrons. The summed E-state index contributed by atoms with van der Waals surface area (Å²) in [6.45, 7) is 3.03. The van der Waals surface area contributed by atoms with Gasteiger partial charge in [0.05, 0.1) is 12.0 Å². The Hall–Kier alpha value is -1.35. The minimum Gasteiger partial charge on any atom is -0.335 e. The summed E-state index contributed by atoms with van der Waals surface area (Å²) >= 11 is 0. The monoisotopic (exact) mass is 286 g/mol. The predicted molar refractivity (Wildman–Crippen MR) is 84.8 cm³/mol. The van der Waals surface area contributed by atoms with Gasteiger partial charge in [-0.15, -0.1) is 0 Å². The summed E-state index contributed by atoms with van der Waals surface area (Å²) in [6, 6.07) is 8.78. The van der Waals surface area contributed by atoms with E-state index in [4.69, 9.17) is 5.73 Å². The predicted octanol–water partition coefficient (Wildman–Crippen LogP) is 3.18. The lowest BCUT2D eigenvalue weighted by molar-refractivity contribution is -0.138. The number of carbonyl (C=O) groups is 1. The molecule has 3 unspecified atom stereocenters. The SMILES string of the molecule is Cc1ccccc1C1CCCN1C(=O)C1CCCCC1N. The van der Waals surface area contributed by atoms with Gasteiger partial charge in [-0.3, -0.25) is 4.79 Å². The number of benzene rings is 1. The van der Waals surface area contributed by atoms with Gasteiger partial charge in [-0.05, 0) is 43.7 Å². The summed E-state index contributed by atoms with van der Waals surface area (Å²) in [5.74, 6) is 0.344. The quantitative estimate of drug-likeness (QED) is 0.907. The highest BCUT2D eigenvalue weighted by Gasteiger charge is 2.37. The summed E-state index contributed by atoms with van der Waals surface area (Å²) < 4.78 is 0. The van der Waals surface area contributed by atoms with E-state index in [1.807, 2.05) is 0 Å². The Balaban J connectivity index is 1.80. The zero-order chi connectivity index (χ0) is 14.8. The first-order valence-electron chi connectivity index (χ1n) is 8.30. The molecule has 1 saturated carbocycles. The first-order chi connectivity index (χ1) is 10.2. The van der Waals surface area contributed by atoms with E-state index in [2.05, 4.69) is 36.1 Å². The van der Waals surface area contributed by atoms with Gasteiger partial charge in [0, 0.05) is 12.6 Å². The molecule has 1 aromatic carbocycles. The van der Waals surface area contributed by atoms with Crippen molar-refractivity contribution in [3.05, 3.63) is 35.4 Å². The van der Waals surface area contributed by atoms with Crippen LogP contribution in [-0.4, -0.2) is 23.4 Å². The van der Waals surface area contributed by atoms with E-state index in [9.17, 15) is 4.79 Å². The third-order valence-electron chi connectivity index (χ3n) is 5.22. The number of aryl methyl sites for hydroxylation is 1. The van der Waals surface area contributed by atoms with Gasteiger partial charge in [-0.2, -0.15) is 0 Å². The molecule has 3 atom stereocenters. The molecule has 1 aromatic rings. The van der Waals surface area contributed by atoms with E-state index in [1.165, 1.54) is 17.5 Å². The van der Waals surface area contributed by atoms with Crippen molar-refractivity contribution in [1.29, 1.82) is 0 Å². The highest BCUT2D eigenvalue weighted by atomic mass is 16.2. The summed E-state index contributed by atoms with van der Waals surface area (Å²) in [4.78, 5) is 15.1. The normalized spacial score (nSPS) is 29.6. The van der Waals surface area contributed by atoms with Crippen LogP contribution in [0.15, 0.2) is 24.3 Å². The van der Waals surface area contributed by atoms with Crippen molar-refractivity contribution < 1.29 is 4.79 Å². The molecule has 1 amide bonds. The largest absolute Gasteiger partial charge is 0.335 e. The van der Waals surface area contributed by atoms with Crippen molar-refractivity contribution in [3.8, 4) is 0 Å². The van der Waals surface area contributed by atoms with E-state index in [0.29, 0.717) is 5.91 Å².